The van der Waals surface area contributed by atoms with E-state index in [4.69, 9.17) is 0 Å². The van der Waals surface area contributed by atoms with E-state index >= 15 is 0 Å². The lowest BCUT2D eigenvalue weighted by atomic mass is 10.0. The van der Waals surface area contributed by atoms with E-state index in [2.05, 4.69) is 71.5 Å². The topological polar surface area (TPSA) is 12.0 Å². The van der Waals surface area contributed by atoms with Crippen molar-refractivity contribution in [2.75, 3.05) is 6.54 Å². The lowest BCUT2D eigenvalue weighted by molar-refractivity contribution is 0.525. The van der Waals surface area contributed by atoms with E-state index in [9.17, 15) is 0 Å². The van der Waals surface area contributed by atoms with E-state index in [0.29, 0.717) is 6.04 Å². The molecule has 0 saturated heterocycles. The van der Waals surface area contributed by atoms with E-state index in [-0.39, 0.29) is 0 Å². The average Bonchev–Trinajstić information content (AvgIpc) is 2.29. The lowest BCUT2D eigenvalue weighted by Crippen LogP contribution is -2.21. The second-order valence-corrected chi connectivity index (χ2v) is 4.74. The predicted molar refractivity (Wildman–Crippen MR) is 74.6 cm³/mol. The normalized spacial score (nSPS) is 13.2. The van der Waals surface area contributed by atoms with E-state index in [0.717, 1.165) is 23.9 Å². The predicted octanol–water partition coefficient (Wildman–Crippen LogP) is 4.46. The van der Waals surface area contributed by atoms with Gasteiger partial charge in [0.05, 0.1) is 0 Å². The summed E-state index contributed by atoms with van der Waals surface area (Å²) in [7, 11) is 0. The fourth-order valence-electron chi connectivity index (χ4n) is 1.73. The van der Waals surface area contributed by atoms with Gasteiger partial charge in [-0.05, 0) is 44.0 Å². The van der Waals surface area contributed by atoms with Crippen LogP contribution in [0.25, 0.3) is 0 Å². The molecule has 0 heterocycles. The number of allylic oxidation sites excluding steroid dienone is 1. The summed E-state index contributed by atoms with van der Waals surface area (Å²) in [5.41, 5.74) is 1.36. The maximum Gasteiger partial charge on any atom is 0.0318 e. The zero-order valence-corrected chi connectivity index (χ0v) is 11.6. The molecule has 1 nitrogen and oxygen atoms in total. The summed E-state index contributed by atoms with van der Waals surface area (Å²) in [4.78, 5) is 0. The van der Waals surface area contributed by atoms with Gasteiger partial charge in [-0.3, -0.25) is 0 Å². The smallest absolute Gasteiger partial charge is 0.0318 e. The molecule has 1 atom stereocenters. The van der Waals surface area contributed by atoms with Crippen LogP contribution in [0.3, 0.4) is 0 Å². The molecular formula is C14H20BrN. The van der Waals surface area contributed by atoms with Gasteiger partial charge in [0.1, 0.15) is 0 Å². The lowest BCUT2D eigenvalue weighted by Gasteiger charge is -2.17. The highest BCUT2D eigenvalue weighted by molar-refractivity contribution is 9.10. The van der Waals surface area contributed by atoms with Crippen LogP contribution in [0.5, 0.6) is 0 Å². The van der Waals surface area contributed by atoms with Gasteiger partial charge in [-0.1, -0.05) is 47.1 Å². The maximum absolute atomic E-state index is 3.58. The average molecular weight is 282 g/mol. The highest BCUT2D eigenvalue weighted by Crippen LogP contribution is 2.20. The number of hydrogen-bond donors (Lipinski definition) is 1. The van der Waals surface area contributed by atoms with Crippen molar-refractivity contribution in [3.8, 4) is 0 Å². The molecule has 0 aliphatic carbocycles. The molecule has 88 valence electrons. The third kappa shape index (κ3) is 4.50. The quantitative estimate of drug-likeness (QED) is 0.600. The summed E-state index contributed by atoms with van der Waals surface area (Å²) in [5, 5.41) is 3.58. The van der Waals surface area contributed by atoms with Gasteiger partial charge in [0.25, 0.3) is 0 Å². The Balaban J connectivity index is 2.53. The minimum absolute atomic E-state index is 0.461. The first-order valence-corrected chi connectivity index (χ1v) is 6.67. The standard InChI is InChI=1S/C14H20BrN/c1-3-5-6-10-16-14(4-2)12-8-7-9-13(15)11-12/h3,5,7-9,11,14,16H,4,6,10H2,1-2H3/b5-3+. The second kappa shape index (κ2) is 7.64. The van der Waals surface area contributed by atoms with Crippen molar-refractivity contribution in [2.45, 2.75) is 32.7 Å². The third-order valence-electron chi connectivity index (χ3n) is 2.60. The van der Waals surface area contributed by atoms with Crippen LogP contribution in [0.4, 0.5) is 0 Å². The molecule has 0 fully saturated rings. The molecule has 0 saturated carbocycles. The molecule has 16 heavy (non-hydrogen) atoms. The highest BCUT2D eigenvalue weighted by atomic mass is 79.9. The van der Waals surface area contributed by atoms with Crippen molar-refractivity contribution in [3.05, 3.63) is 46.5 Å². The van der Waals surface area contributed by atoms with Gasteiger partial charge in [0, 0.05) is 10.5 Å². The molecular weight excluding hydrogens is 262 g/mol. The molecule has 0 radical (unpaired) electrons. The Morgan fingerprint density at radius 3 is 2.88 bits per heavy atom. The van der Waals surface area contributed by atoms with Crippen LogP contribution in [0.15, 0.2) is 40.9 Å². The second-order valence-electron chi connectivity index (χ2n) is 3.83. The fraction of sp³-hybridized carbons (Fsp3) is 0.429. The molecule has 1 N–H and O–H groups in total. The molecule has 1 rings (SSSR count). The summed E-state index contributed by atoms with van der Waals surface area (Å²) >= 11 is 3.51. The monoisotopic (exact) mass is 281 g/mol. The van der Waals surface area contributed by atoms with E-state index in [1.807, 2.05) is 0 Å². The molecule has 0 bridgehead atoms. The van der Waals surface area contributed by atoms with Gasteiger partial charge in [-0.25, -0.2) is 0 Å². The van der Waals surface area contributed by atoms with Gasteiger partial charge in [-0.15, -0.1) is 0 Å². The first-order chi connectivity index (χ1) is 7.77. The van der Waals surface area contributed by atoms with Crippen LogP contribution in [0, 0.1) is 0 Å². The minimum atomic E-state index is 0.461. The molecule has 0 aliphatic heterocycles. The summed E-state index contributed by atoms with van der Waals surface area (Å²) in [6, 6.07) is 8.99. The fourth-order valence-corrected chi connectivity index (χ4v) is 2.15. The number of nitrogens with one attached hydrogen (secondary N) is 1. The molecule has 0 aliphatic rings. The van der Waals surface area contributed by atoms with Crippen LogP contribution < -0.4 is 5.32 Å². The number of halogens is 1. The Hall–Kier alpha value is -0.600. The van der Waals surface area contributed by atoms with Crippen LogP contribution in [0.1, 0.15) is 38.3 Å². The molecule has 2 heteroatoms. The van der Waals surface area contributed by atoms with Crippen LogP contribution in [0.2, 0.25) is 0 Å². The first-order valence-electron chi connectivity index (χ1n) is 5.88. The highest BCUT2D eigenvalue weighted by Gasteiger charge is 2.07. The van der Waals surface area contributed by atoms with E-state index in [1.54, 1.807) is 0 Å². The van der Waals surface area contributed by atoms with Gasteiger partial charge in [0.15, 0.2) is 0 Å². The largest absolute Gasteiger partial charge is 0.310 e. The summed E-state index contributed by atoms with van der Waals surface area (Å²) < 4.78 is 1.15. The molecule has 1 aromatic rings. The van der Waals surface area contributed by atoms with Crippen LogP contribution in [-0.4, -0.2) is 6.54 Å². The van der Waals surface area contributed by atoms with Crippen molar-refractivity contribution in [1.82, 2.24) is 5.32 Å². The first kappa shape index (κ1) is 13.5. The van der Waals surface area contributed by atoms with Gasteiger partial charge in [-0.2, -0.15) is 0 Å². The van der Waals surface area contributed by atoms with Crippen molar-refractivity contribution in [1.29, 1.82) is 0 Å². The van der Waals surface area contributed by atoms with Gasteiger partial charge >= 0.3 is 0 Å². The number of benzene rings is 1. The molecule has 1 unspecified atom stereocenters. The molecule has 1 aromatic carbocycles. The SMILES string of the molecule is C/C=C/CCNC(CC)c1cccc(Br)c1. The number of hydrogen-bond acceptors (Lipinski definition) is 1. The minimum Gasteiger partial charge on any atom is -0.310 e. The Morgan fingerprint density at radius 2 is 2.25 bits per heavy atom. The summed E-state index contributed by atoms with van der Waals surface area (Å²) in [6.07, 6.45) is 6.51. The molecule has 0 amide bonds. The van der Waals surface area contributed by atoms with E-state index in [1.165, 1.54) is 5.56 Å². The number of rotatable bonds is 6. The van der Waals surface area contributed by atoms with Crippen LogP contribution >= 0.6 is 15.9 Å². The van der Waals surface area contributed by atoms with E-state index < -0.39 is 0 Å². The summed E-state index contributed by atoms with van der Waals surface area (Å²) in [5.74, 6) is 0. The van der Waals surface area contributed by atoms with Crippen molar-refractivity contribution < 1.29 is 0 Å². The van der Waals surface area contributed by atoms with Gasteiger partial charge in [0.2, 0.25) is 0 Å². The van der Waals surface area contributed by atoms with Crippen molar-refractivity contribution >= 4 is 15.9 Å². The third-order valence-corrected chi connectivity index (χ3v) is 3.09. The Kier molecular flexibility index (Phi) is 6.43. The molecule has 0 spiro atoms. The van der Waals surface area contributed by atoms with Gasteiger partial charge < -0.3 is 5.32 Å². The van der Waals surface area contributed by atoms with Crippen molar-refractivity contribution in [3.63, 3.8) is 0 Å². The Morgan fingerprint density at radius 1 is 1.44 bits per heavy atom. The molecule has 0 aromatic heterocycles. The van der Waals surface area contributed by atoms with Crippen LogP contribution in [-0.2, 0) is 0 Å². The Labute approximate surface area is 107 Å². The maximum atomic E-state index is 3.58. The Bertz CT molecular complexity index is 333. The summed E-state index contributed by atoms with van der Waals surface area (Å²) in [6.45, 7) is 5.31. The van der Waals surface area contributed by atoms with Crippen molar-refractivity contribution in [2.24, 2.45) is 0 Å². The zero-order chi connectivity index (χ0) is 11.8. The zero-order valence-electron chi connectivity index (χ0n) is 10.0.